The predicted molar refractivity (Wildman–Crippen MR) is 81.7 cm³/mol. The molecule has 0 saturated carbocycles. The Kier molecular flexibility index (Phi) is 5.34. The number of ether oxygens (including phenoxy) is 1. The van der Waals surface area contributed by atoms with Crippen molar-refractivity contribution < 1.29 is 9.53 Å². The summed E-state index contributed by atoms with van der Waals surface area (Å²) in [6.07, 6.45) is 4.43. The van der Waals surface area contributed by atoms with Gasteiger partial charge in [0.1, 0.15) is 0 Å². The summed E-state index contributed by atoms with van der Waals surface area (Å²) in [7, 11) is 0. The molecule has 5 heteroatoms. The second-order valence-corrected chi connectivity index (χ2v) is 6.65. The molecule has 2 aromatic rings. The summed E-state index contributed by atoms with van der Waals surface area (Å²) in [5, 5.41) is 0. The van der Waals surface area contributed by atoms with E-state index in [1.807, 2.05) is 12.1 Å². The first-order valence-corrected chi connectivity index (χ1v) is 8.05. The largest absolute Gasteiger partial charge is 0.462 e. The fourth-order valence-electron chi connectivity index (χ4n) is 1.80. The molecular formula is C14H16BrNO2S. The Balaban J connectivity index is 1.93. The molecule has 0 aliphatic rings. The molecule has 1 aromatic heterocycles. The summed E-state index contributed by atoms with van der Waals surface area (Å²) in [5.74, 6) is -0.247. The number of unbranched alkanes of at least 4 members (excludes halogenated alkanes) is 3. The van der Waals surface area contributed by atoms with E-state index in [1.165, 1.54) is 24.2 Å². The Hall–Kier alpha value is -0.940. The summed E-state index contributed by atoms with van der Waals surface area (Å²) in [5.41, 5.74) is 1.50. The van der Waals surface area contributed by atoms with Crippen LogP contribution in [-0.2, 0) is 4.74 Å². The number of fused-ring (bicyclic) bond motifs is 1. The minimum atomic E-state index is -0.247. The minimum absolute atomic E-state index is 0.247. The highest BCUT2D eigenvalue weighted by atomic mass is 79.9. The van der Waals surface area contributed by atoms with Crippen LogP contribution in [0.4, 0.5) is 0 Å². The highest BCUT2D eigenvalue weighted by Crippen LogP contribution is 2.26. The van der Waals surface area contributed by atoms with Crippen LogP contribution < -0.4 is 0 Å². The summed E-state index contributed by atoms with van der Waals surface area (Å²) in [6.45, 7) is 2.66. The standard InChI is InChI=1S/C14H16BrNO2S/c1-2-3-4-5-8-18-13(17)10-6-7-11-12(9-10)19-14(15)16-11/h6-7,9H,2-5,8H2,1H3. The third-order valence-corrected chi connectivity index (χ3v) is 4.30. The molecule has 2 rings (SSSR count). The molecule has 19 heavy (non-hydrogen) atoms. The average Bonchev–Trinajstić information content (AvgIpc) is 2.77. The Labute approximate surface area is 125 Å². The van der Waals surface area contributed by atoms with Gasteiger partial charge in [-0.3, -0.25) is 0 Å². The van der Waals surface area contributed by atoms with Crippen molar-refractivity contribution in [2.45, 2.75) is 32.6 Å². The Morgan fingerprint density at radius 1 is 1.37 bits per heavy atom. The van der Waals surface area contributed by atoms with Crippen molar-refractivity contribution in [1.82, 2.24) is 4.98 Å². The molecule has 0 saturated heterocycles. The topological polar surface area (TPSA) is 39.2 Å². The Morgan fingerprint density at radius 2 is 2.21 bits per heavy atom. The summed E-state index contributed by atoms with van der Waals surface area (Å²) >= 11 is 4.86. The van der Waals surface area contributed by atoms with E-state index < -0.39 is 0 Å². The fraction of sp³-hybridized carbons (Fsp3) is 0.429. The number of benzene rings is 1. The van der Waals surface area contributed by atoms with Crippen molar-refractivity contribution in [3.8, 4) is 0 Å². The van der Waals surface area contributed by atoms with E-state index in [9.17, 15) is 4.79 Å². The van der Waals surface area contributed by atoms with Crippen LogP contribution in [-0.4, -0.2) is 17.6 Å². The van der Waals surface area contributed by atoms with Crippen LogP contribution in [0.5, 0.6) is 0 Å². The first kappa shape index (κ1) is 14.5. The number of nitrogens with zero attached hydrogens (tertiary/aromatic N) is 1. The fourth-order valence-corrected chi connectivity index (χ4v) is 3.24. The maximum atomic E-state index is 11.9. The van der Waals surface area contributed by atoms with Crippen LogP contribution in [0, 0.1) is 0 Å². The van der Waals surface area contributed by atoms with Gasteiger partial charge in [-0.25, -0.2) is 9.78 Å². The highest BCUT2D eigenvalue weighted by molar-refractivity contribution is 9.11. The molecule has 3 nitrogen and oxygen atoms in total. The van der Waals surface area contributed by atoms with Crippen LogP contribution >= 0.6 is 27.3 Å². The van der Waals surface area contributed by atoms with E-state index in [0.29, 0.717) is 12.2 Å². The lowest BCUT2D eigenvalue weighted by Gasteiger charge is -2.04. The molecule has 1 heterocycles. The normalized spacial score (nSPS) is 10.8. The van der Waals surface area contributed by atoms with E-state index in [-0.39, 0.29) is 5.97 Å². The van der Waals surface area contributed by atoms with Crippen molar-refractivity contribution in [3.05, 3.63) is 27.7 Å². The lowest BCUT2D eigenvalue weighted by atomic mass is 10.2. The van der Waals surface area contributed by atoms with Crippen molar-refractivity contribution in [3.63, 3.8) is 0 Å². The maximum absolute atomic E-state index is 11.9. The van der Waals surface area contributed by atoms with Gasteiger partial charge < -0.3 is 4.74 Å². The van der Waals surface area contributed by atoms with E-state index in [4.69, 9.17) is 4.74 Å². The summed E-state index contributed by atoms with van der Waals surface area (Å²) in [6, 6.07) is 5.46. The van der Waals surface area contributed by atoms with Crippen molar-refractivity contribution >= 4 is 43.5 Å². The molecule has 0 fully saturated rings. The van der Waals surface area contributed by atoms with Gasteiger partial charge in [-0.15, -0.1) is 11.3 Å². The van der Waals surface area contributed by atoms with Crippen molar-refractivity contribution in [1.29, 1.82) is 0 Å². The van der Waals surface area contributed by atoms with Crippen LogP contribution in [0.1, 0.15) is 43.0 Å². The van der Waals surface area contributed by atoms with E-state index in [0.717, 1.165) is 27.0 Å². The highest BCUT2D eigenvalue weighted by Gasteiger charge is 2.09. The molecular weight excluding hydrogens is 326 g/mol. The Morgan fingerprint density at radius 3 is 3.00 bits per heavy atom. The monoisotopic (exact) mass is 341 g/mol. The molecule has 102 valence electrons. The second-order valence-electron chi connectivity index (χ2n) is 4.35. The van der Waals surface area contributed by atoms with Gasteiger partial charge in [-0.1, -0.05) is 26.2 Å². The van der Waals surface area contributed by atoms with Gasteiger partial charge in [0.15, 0.2) is 3.92 Å². The predicted octanol–water partition coefficient (Wildman–Crippen LogP) is 4.80. The van der Waals surface area contributed by atoms with Crippen LogP contribution in [0.15, 0.2) is 22.1 Å². The zero-order valence-corrected chi connectivity index (χ0v) is 13.2. The SMILES string of the molecule is CCCCCCOC(=O)c1ccc2nc(Br)sc2c1. The first-order valence-electron chi connectivity index (χ1n) is 6.44. The van der Waals surface area contributed by atoms with Crippen LogP contribution in [0.2, 0.25) is 0 Å². The lowest BCUT2D eigenvalue weighted by molar-refractivity contribution is 0.0498. The molecule has 0 atom stereocenters. The Bertz CT molecular complexity index is 568. The van der Waals surface area contributed by atoms with Crippen LogP contribution in [0.25, 0.3) is 10.2 Å². The van der Waals surface area contributed by atoms with E-state index in [2.05, 4.69) is 27.8 Å². The van der Waals surface area contributed by atoms with Crippen LogP contribution in [0.3, 0.4) is 0 Å². The van der Waals surface area contributed by atoms with Gasteiger partial charge in [0, 0.05) is 0 Å². The van der Waals surface area contributed by atoms with Gasteiger partial charge in [0.2, 0.25) is 0 Å². The number of rotatable bonds is 6. The summed E-state index contributed by atoms with van der Waals surface area (Å²) < 4.78 is 7.08. The number of hydrogen-bond donors (Lipinski definition) is 0. The van der Waals surface area contributed by atoms with Gasteiger partial charge in [-0.05, 0) is 40.5 Å². The molecule has 0 N–H and O–H groups in total. The number of halogens is 1. The van der Waals surface area contributed by atoms with Gasteiger partial charge >= 0.3 is 5.97 Å². The number of carbonyl (C=O) groups excluding carboxylic acids is 1. The number of aromatic nitrogens is 1. The van der Waals surface area contributed by atoms with Gasteiger partial charge in [0.05, 0.1) is 22.4 Å². The number of thiazole rings is 1. The molecule has 0 bridgehead atoms. The molecule has 0 radical (unpaired) electrons. The molecule has 0 spiro atoms. The zero-order chi connectivity index (χ0) is 13.7. The molecule has 0 amide bonds. The van der Waals surface area contributed by atoms with Crippen molar-refractivity contribution in [2.24, 2.45) is 0 Å². The third kappa shape index (κ3) is 4.01. The third-order valence-electron chi connectivity index (χ3n) is 2.83. The quantitative estimate of drug-likeness (QED) is 0.559. The van der Waals surface area contributed by atoms with Gasteiger partial charge in [0.25, 0.3) is 0 Å². The lowest BCUT2D eigenvalue weighted by Crippen LogP contribution is -2.06. The molecule has 1 aromatic carbocycles. The average molecular weight is 342 g/mol. The second kappa shape index (κ2) is 7.01. The van der Waals surface area contributed by atoms with Gasteiger partial charge in [-0.2, -0.15) is 0 Å². The maximum Gasteiger partial charge on any atom is 0.338 e. The smallest absolute Gasteiger partial charge is 0.338 e. The molecule has 0 aliphatic heterocycles. The zero-order valence-electron chi connectivity index (χ0n) is 10.8. The number of esters is 1. The molecule has 0 aliphatic carbocycles. The van der Waals surface area contributed by atoms with E-state index >= 15 is 0 Å². The minimum Gasteiger partial charge on any atom is -0.462 e. The number of carbonyl (C=O) groups is 1. The first-order chi connectivity index (χ1) is 9.20. The number of hydrogen-bond acceptors (Lipinski definition) is 4. The summed E-state index contributed by atoms with van der Waals surface area (Å²) in [4.78, 5) is 16.2. The molecule has 0 unspecified atom stereocenters. The van der Waals surface area contributed by atoms with E-state index in [1.54, 1.807) is 6.07 Å². The van der Waals surface area contributed by atoms with Crippen molar-refractivity contribution in [2.75, 3.05) is 6.61 Å².